The average molecular weight is 256 g/mol. The number of likely N-dealkylation sites (N-methyl/N-ethyl adjacent to an activating group) is 1. The van der Waals surface area contributed by atoms with Gasteiger partial charge >= 0.3 is 6.61 Å². The number of ether oxygens (including phenoxy) is 1. The van der Waals surface area contributed by atoms with Gasteiger partial charge in [-0.15, -0.1) is 0 Å². The summed E-state index contributed by atoms with van der Waals surface area (Å²) in [6, 6.07) is 7.62. The highest BCUT2D eigenvalue weighted by Gasteiger charge is 2.25. The summed E-state index contributed by atoms with van der Waals surface area (Å²) in [5.41, 5.74) is 0.934. The molecular formula is C13H18F2N2O. The molecule has 1 aliphatic rings. The molecule has 1 fully saturated rings. The average Bonchev–Trinajstić information content (AvgIpc) is 2.60. The van der Waals surface area contributed by atoms with E-state index in [2.05, 4.69) is 28.9 Å². The first kappa shape index (κ1) is 13.1. The first-order valence-electron chi connectivity index (χ1n) is 6.06. The molecule has 2 rings (SSSR count). The highest BCUT2D eigenvalue weighted by molar-refractivity contribution is 5.47. The van der Waals surface area contributed by atoms with Crippen LogP contribution in [-0.4, -0.2) is 37.2 Å². The van der Waals surface area contributed by atoms with Gasteiger partial charge in [-0.25, -0.2) is 0 Å². The smallest absolute Gasteiger partial charge is 0.387 e. The number of hydrogen-bond acceptors (Lipinski definition) is 3. The maximum absolute atomic E-state index is 12.0. The van der Waals surface area contributed by atoms with Crippen LogP contribution in [0.5, 0.6) is 5.75 Å². The molecule has 1 aromatic rings. The van der Waals surface area contributed by atoms with Crippen molar-refractivity contribution < 1.29 is 13.5 Å². The van der Waals surface area contributed by atoms with Crippen LogP contribution in [0.4, 0.5) is 14.5 Å². The van der Waals surface area contributed by atoms with Gasteiger partial charge < -0.3 is 15.0 Å². The topological polar surface area (TPSA) is 24.5 Å². The maximum Gasteiger partial charge on any atom is 0.387 e. The van der Waals surface area contributed by atoms with E-state index in [1.165, 1.54) is 0 Å². The molecule has 0 amide bonds. The Morgan fingerprint density at radius 1 is 1.33 bits per heavy atom. The maximum atomic E-state index is 12.0. The number of halogens is 2. The van der Waals surface area contributed by atoms with Crippen molar-refractivity contribution in [3.63, 3.8) is 0 Å². The fourth-order valence-corrected chi connectivity index (χ4v) is 2.27. The van der Waals surface area contributed by atoms with Crippen molar-refractivity contribution in [3.8, 4) is 5.75 Å². The number of rotatable bonds is 4. The lowest BCUT2D eigenvalue weighted by molar-refractivity contribution is -0.0498. The summed E-state index contributed by atoms with van der Waals surface area (Å²) in [7, 11) is 2.10. The Balaban J connectivity index is 1.90. The Morgan fingerprint density at radius 2 is 2.00 bits per heavy atom. The molecule has 2 atom stereocenters. The molecule has 100 valence electrons. The van der Waals surface area contributed by atoms with E-state index in [1.807, 2.05) is 0 Å². The second-order valence-electron chi connectivity index (χ2n) is 4.77. The van der Waals surface area contributed by atoms with Crippen LogP contribution in [0.15, 0.2) is 24.3 Å². The molecule has 0 spiro atoms. The Labute approximate surface area is 106 Å². The van der Waals surface area contributed by atoms with Gasteiger partial charge in [0.1, 0.15) is 5.75 Å². The second-order valence-corrected chi connectivity index (χ2v) is 4.77. The molecule has 1 aliphatic heterocycles. The second kappa shape index (κ2) is 5.52. The molecular weight excluding hydrogens is 238 g/mol. The van der Waals surface area contributed by atoms with E-state index in [1.54, 1.807) is 24.3 Å². The third-order valence-electron chi connectivity index (χ3n) is 3.34. The first-order valence-corrected chi connectivity index (χ1v) is 6.06. The monoisotopic (exact) mass is 256 g/mol. The van der Waals surface area contributed by atoms with Crippen molar-refractivity contribution in [2.24, 2.45) is 0 Å². The molecule has 1 N–H and O–H groups in total. The van der Waals surface area contributed by atoms with Crippen LogP contribution in [0, 0.1) is 0 Å². The molecule has 5 heteroatoms. The number of hydrogen-bond donors (Lipinski definition) is 1. The number of alkyl halides is 2. The summed E-state index contributed by atoms with van der Waals surface area (Å²) in [6.45, 7) is 0.422. The largest absolute Gasteiger partial charge is 0.435 e. The summed E-state index contributed by atoms with van der Waals surface area (Å²) in [5, 5.41) is 3.40. The zero-order chi connectivity index (χ0) is 13.1. The zero-order valence-corrected chi connectivity index (χ0v) is 10.6. The predicted molar refractivity (Wildman–Crippen MR) is 67.2 cm³/mol. The van der Waals surface area contributed by atoms with Crippen molar-refractivity contribution in [1.29, 1.82) is 0 Å². The first-order chi connectivity index (χ1) is 8.54. The predicted octanol–water partition coefficient (Wildman–Crippen LogP) is 2.79. The molecule has 0 radical (unpaired) electrons. The van der Waals surface area contributed by atoms with Crippen LogP contribution in [-0.2, 0) is 0 Å². The molecule has 1 aromatic carbocycles. The molecule has 0 bridgehead atoms. The summed E-state index contributed by atoms with van der Waals surface area (Å²) >= 11 is 0. The van der Waals surface area contributed by atoms with Crippen LogP contribution in [0.25, 0.3) is 0 Å². The number of likely N-dealkylation sites (tertiary alicyclic amines) is 1. The fourth-order valence-electron chi connectivity index (χ4n) is 2.27. The lowest BCUT2D eigenvalue weighted by Gasteiger charge is -2.14. The molecule has 1 saturated heterocycles. The zero-order valence-electron chi connectivity index (χ0n) is 10.6. The van der Waals surface area contributed by atoms with E-state index in [-0.39, 0.29) is 5.75 Å². The van der Waals surface area contributed by atoms with E-state index in [0.29, 0.717) is 12.1 Å². The van der Waals surface area contributed by atoms with Gasteiger partial charge in [0, 0.05) is 24.3 Å². The highest BCUT2D eigenvalue weighted by Crippen LogP contribution is 2.22. The van der Waals surface area contributed by atoms with Gasteiger partial charge in [0.25, 0.3) is 0 Å². The van der Waals surface area contributed by atoms with Crippen molar-refractivity contribution in [3.05, 3.63) is 24.3 Å². The molecule has 0 aromatic heterocycles. The van der Waals surface area contributed by atoms with Gasteiger partial charge in [0.2, 0.25) is 0 Å². The van der Waals surface area contributed by atoms with E-state index in [0.717, 1.165) is 18.7 Å². The minimum atomic E-state index is -2.77. The van der Waals surface area contributed by atoms with Gasteiger partial charge in [-0.05, 0) is 44.7 Å². The molecule has 1 heterocycles. The number of nitrogens with one attached hydrogen (secondary N) is 1. The Kier molecular flexibility index (Phi) is 4.01. The van der Waals surface area contributed by atoms with Gasteiger partial charge in [-0.2, -0.15) is 8.78 Å². The third-order valence-corrected chi connectivity index (χ3v) is 3.34. The Morgan fingerprint density at radius 3 is 2.50 bits per heavy atom. The summed E-state index contributed by atoms with van der Waals surface area (Å²) in [5.74, 6) is 0.187. The number of nitrogens with zero attached hydrogens (tertiary/aromatic N) is 1. The van der Waals surface area contributed by atoms with Gasteiger partial charge in [0.15, 0.2) is 0 Å². The number of benzene rings is 1. The Hall–Kier alpha value is -1.36. The van der Waals surface area contributed by atoms with Gasteiger partial charge in [-0.3, -0.25) is 0 Å². The van der Waals surface area contributed by atoms with E-state index < -0.39 is 6.61 Å². The number of anilines is 1. The standard InChI is InChI=1S/C13H18F2N2O/c1-9-7-11(8-17(9)2)16-10-3-5-12(6-4-10)18-13(14)15/h3-6,9,11,13,16H,7-8H2,1-2H3. The van der Waals surface area contributed by atoms with Crippen LogP contribution in [0.2, 0.25) is 0 Å². The molecule has 2 unspecified atom stereocenters. The van der Waals surface area contributed by atoms with Crippen LogP contribution >= 0.6 is 0 Å². The molecule has 0 aliphatic carbocycles. The van der Waals surface area contributed by atoms with Crippen molar-refractivity contribution in [1.82, 2.24) is 4.90 Å². The summed E-state index contributed by atoms with van der Waals surface area (Å²) < 4.78 is 28.3. The van der Waals surface area contributed by atoms with E-state index >= 15 is 0 Å². The summed E-state index contributed by atoms with van der Waals surface area (Å²) in [4.78, 5) is 2.30. The normalized spacial score (nSPS) is 24.5. The minimum Gasteiger partial charge on any atom is -0.435 e. The van der Waals surface area contributed by atoms with E-state index in [9.17, 15) is 8.78 Å². The fraction of sp³-hybridized carbons (Fsp3) is 0.538. The van der Waals surface area contributed by atoms with Crippen molar-refractivity contribution in [2.75, 3.05) is 18.9 Å². The minimum absolute atomic E-state index is 0.187. The third kappa shape index (κ3) is 3.32. The lowest BCUT2D eigenvalue weighted by Crippen LogP contribution is -2.24. The van der Waals surface area contributed by atoms with Crippen LogP contribution in [0.3, 0.4) is 0 Å². The molecule has 18 heavy (non-hydrogen) atoms. The quantitative estimate of drug-likeness (QED) is 0.896. The summed E-state index contributed by atoms with van der Waals surface area (Å²) in [6.07, 6.45) is 1.09. The van der Waals surface area contributed by atoms with Crippen molar-refractivity contribution >= 4 is 5.69 Å². The van der Waals surface area contributed by atoms with Gasteiger partial charge in [0.05, 0.1) is 0 Å². The van der Waals surface area contributed by atoms with Crippen LogP contribution < -0.4 is 10.1 Å². The lowest BCUT2D eigenvalue weighted by atomic mass is 10.2. The van der Waals surface area contributed by atoms with Crippen molar-refractivity contribution in [2.45, 2.75) is 32.0 Å². The van der Waals surface area contributed by atoms with Gasteiger partial charge in [-0.1, -0.05) is 0 Å². The molecule has 3 nitrogen and oxygen atoms in total. The Bertz CT molecular complexity index is 373. The SMILES string of the molecule is CC1CC(Nc2ccc(OC(F)F)cc2)CN1C. The highest BCUT2D eigenvalue weighted by atomic mass is 19.3. The van der Waals surface area contributed by atoms with Crippen LogP contribution in [0.1, 0.15) is 13.3 Å². The molecule has 0 saturated carbocycles. The van der Waals surface area contributed by atoms with E-state index in [4.69, 9.17) is 0 Å².